The van der Waals surface area contributed by atoms with Crippen LogP contribution in [0, 0.1) is 13.8 Å². The predicted octanol–water partition coefficient (Wildman–Crippen LogP) is 12.8. The summed E-state index contributed by atoms with van der Waals surface area (Å²) in [6, 6.07) is 12.1. The average molecular weight is 1020 g/mol. The van der Waals surface area contributed by atoms with Gasteiger partial charge in [0, 0.05) is 43.9 Å². The van der Waals surface area contributed by atoms with Crippen molar-refractivity contribution in [3.05, 3.63) is 138 Å². The van der Waals surface area contributed by atoms with E-state index in [0.29, 0.717) is 23.3 Å². The fourth-order valence-corrected chi connectivity index (χ4v) is 7.13. The van der Waals surface area contributed by atoms with E-state index >= 15 is 0 Å². The summed E-state index contributed by atoms with van der Waals surface area (Å²) in [6.45, 7) is 5.31. The number of amides is 4. The number of azo groups is 2. The number of nitrogens with zero attached hydrogens (tertiary/aromatic N) is 4. The van der Waals surface area contributed by atoms with Crippen molar-refractivity contribution < 1.29 is 55.1 Å². The van der Waals surface area contributed by atoms with Gasteiger partial charge in [-0.1, -0.05) is 46.4 Å². The maximum absolute atomic E-state index is 13.4. The fourth-order valence-electron chi connectivity index (χ4n) is 6.10. The van der Waals surface area contributed by atoms with Crippen molar-refractivity contribution in [1.29, 1.82) is 0 Å². The van der Waals surface area contributed by atoms with Crippen molar-refractivity contribution in [2.45, 2.75) is 52.1 Å². The molecule has 68 heavy (non-hydrogen) atoms. The zero-order valence-corrected chi connectivity index (χ0v) is 38.3. The molecule has 0 heterocycles. The minimum Gasteiger partial charge on any atom is -0.324 e. The first kappa shape index (κ1) is 52.2. The standard InChI is InChI=1S/C44H32Cl4F6N8O6/c1-19-9-29(57-41(67)37(21(3)63)61-59-30-13-23(11-25(45)15-30)39(65)55-27-5-7-32(34(47)17-27)43(49,50)51)10-20(2)36(19)58-42(68)38(22(4)64)62-60-31-14-24(12-26(46)16-31)40(66)56-28-6-8-33(35(48)18-28)44(52,53)54/h5-18,37-38H,1-4H3,(H,55,65)(H,56,66)(H,57,67)(H,58,68). The molecule has 4 N–H and O–H groups in total. The van der Waals surface area contributed by atoms with Gasteiger partial charge in [-0.2, -0.15) is 46.8 Å². The van der Waals surface area contributed by atoms with Crippen LogP contribution in [0.5, 0.6) is 0 Å². The molecule has 0 bridgehead atoms. The summed E-state index contributed by atoms with van der Waals surface area (Å²) in [5.41, 5.74) is -1.47. The number of hydrogen-bond acceptors (Lipinski definition) is 10. The molecule has 0 spiro atoms. The quantitative estimate of drug-likeness (QED) is 0.0484. The second-order valence-corrected chi connectivity index (χ2v) is 16.3. The van der Waals surface area contributed by atoms with Gasteiger partial charge in [0.2, 0.25) is 12.1 Å². The van der Waals surface area contributed by atoms with Gasteiger partial charge >= 0.3 is 12.4 Å². The van der Waals surface area contributed by atoms with Gasteiger partial charge in [-0.3, -0.25) is 28.8 Å². The van der Waals surface area contributed by atoms with E-state index in [4.69, 9.17) is 46.4 Å². The normalized spacial score (nSPS) is 12.7. The minimum atomic E-state index is -4.71. The average Bonchev–Trinajstić information content (AvgIpc) is 3.20. The van der Waals surface area contributed by atoms with Gasteiger partial charge in [0.05, 0.1) is 32.5 Å². The highest BCUT2D eigenvalue weighted by Crippen LogP contribution is 2.38. The number of hydrogen-bond donors (Lipinski definition) is 4. The molecular weight excluding hydrogens is 992 g/mol. The topological polar surface area (TPSA) is 200 Å². The Balaban J connectivity index is 1.25. The third kappa shape index (κ3) is 13.7. The summed E-state index contributed by atoms with van der Waals surface area (Å²) < 4.78 is 78.7. The molecule has 0 radical (unpaired) electrons. The molecule has 0 aliphatic heterocycles. The lowest BCUT2D eigenvalue weighted by atomic mass is 10.1. The number of nitrogens with one attached hydrogen (secondary N) is 4. The van der Waals surface area contributed by atoms with Crippen molar-refractivity contribution in [1.82, 2.24) is 0 Å². The van der Waals surface area contributed by atoms with Gasteiger partial charge in [0.15, 0.2) is 11.6 Å². The monoisotopic (exact) mass is 1020 g/mol. The van der Waals surface area contributed by atoms with Gasteiger partial charge in [0.1, 0.15) is 0 Å². The van der Waals surface area contributed by atoms with E-state index in [1.165, 1.54) is 48.5 Å². The van der Waals surface area contributed by atoms with Crippen LogP contribution in [0.4, 0.5) is 60.5 Å². The summed E-state index contributed by atoms with van der Waals surface area (Å²) in [6.07, 6.45) is -9.43. The highest BCUT2D eigenvalue weighted by Gasteiger charge is 2.34. The Morgan fingerprint density at radius 3 is 1.24 bits per heavy atom. The van der Waals surface area contributed by atoms with Crippen molar-refractivity contribution in [3.8, 4) is 0 Å². The first-order chi connectivity index (χ1) is 31.7. The number of aryl methyl sites for hydroxylation is 2. The summed E-state index contributed by atoms with van der Waals surface area (Å²) in [4.78, 5) is 77.8. The molecule has 0 aliphatic rings. The number of Topliss-reactive ketones (excluding diaryl/α,β-unsaturated/α-hetero) is 2. The lowest BCUT2D eigenvalue weighted by Crippen LogP contribution is -2.33. The molecule has 0 aromatic heterocycles. The van der Waals surface area contributed by atoms with Crippen LogP contribution in [0.1, 0.15) is 56.8 Å². The van der Waals surface area contributed by atoms with Gasteiger partial charge in [-0.25, -0.2) is 0 Å². The maximum atomic E-state index is 13.4. The first-order valence-electron chi connectivity index (χ1n) is 19.2. The molecule has 0 fully saturated rings. The number of ketones is 2. The third-order valence-corrected chi connectivity index (χ3v) is 10.3. The number of rotatable bonds is 14. The van der Waals surface area contributed by atoms with E-state index in [2.05, 4.69) is 41.7 Å². The second kappa shape index (κ2) is 21.5. The molecule has 5 aromatic carbocycles. The number of alkyl halides is 6. The van der Waals surface area contributed by atoms with Crippen LogP contribution in [-0.2, 0) is 31.5 Å². The fraction of sp³-hybridized carbons (Fsp3) is 0.182. The van der Waals surface area contributed by atoms with Gasteiger partial charge in [-0.05, 0) is 124 Å². The Kier molecular flexibility index (Phi) is 16.5. The van der Waals surface area contributed by atoms with Crippen molar-refractivity contribution in [2.24, 2.45) is 20.5 Å². The molecule has 5 rings (SSSR count). The molecule has 14 nitrogen and oxygen atoms in total. The summed E-state index contributed by atoms with van der Waals surface area (Å²) in [5.74, 6) is -4.90. The van der Waals surface area contributed by atoms with E-state index in [9.17, 15) is 55.1 Å². The smallest absolute Gasteiger partial charge is 0.324 e. The largest absolute Gasteiger partial charge is 0.417 e. The number of halogens is 10. The molecule has 2 unspecified atom stereocenters. The number of carbonyl (C=O) groups is 6. The van der Waals surface area contributed by atoms with Crippen molar-refractivity contribution in [2.75, 3.05) is 21.3 Å². The zero-order valence-electron chi connectivity index (χ0n) is 35.3. The van der Waals surface area contributed by atoms with Crippen LogP contribution < -0.4 is 21.3 Å². The Bertz CT molecular complexity index is 2910. The summed E-state index contributed by atoms with van der Waals surface area (Å²) in [7, 11) is 0. The molecule has 4 amide bonds. The lowest BCUT2D eigenvalue weighted by molar-refractivity contribution is -0.138. The number of anilines is 4. The van der Waals surface area contributed by atoms with Crippen LogP contribution >= 0.6 is 46.4 Å². The van der Waals surface area contributed by atoms with Crippen LogP contribution in [0.15, 0.2) is 105 Å². The minimum absolute atomic E-state index is 0.0102. The van der Waals surface area contributed by atoms with Crippen LogP contribution in [-0.4, -0.2) is 47.3 Å². The molecule has 0 aliphatic carbocycles. The molecule has 0 saturated heterocycles. The summed E-state index contributed by atoms with van der Waals surface area (Å²) in [5, 5.41) is 24.3. The Hall–Kier alpha value is -6.74. The van der Waals surface area contributed by atoms with E-state index in [1.54, 1.807) is 13.8 Å². The summed E-state index contributed by atoms with van der Waals surface area (Å²) >= 11 is 23.9. The Morgan fingerprint density at radius 2 is 0.882 bits per heavy atom. The molecule has 5 aromatic rings. The maximum Gasteiger partial charge on any atom is 0.417 e. The second-order valence-electron chi connectivity index (χ2n) is 14.6. The SMILES string of the molecule is CC(=O)C(N=Nc1cc(Cl)cc(C(=O)Nc2ccc(C(F)(F)F)c(Cl)c2)c1)C(=O)Nc1cc(C)c(NC(=O)C(N=Nc2cc(Cl)cc(C(=O)Nc3ccc(C(F)(F)F)c(Cl)c3)c2)C(C)=O)c(C)c1. The highest BCUT2D eigenvalue weighted by atomic mass is 35.5. The van der Waals surface area contributed by atoms with E-state index in [-0.39, 0.29) is 55.3 Å². The van der Waals surface area contributed by atoms with Gasteiger partial charge < -0.3 is 21.3 Å². The van der Waals surface area contributed by atoms with Crippen molar-refractivity contribution >= 4 is 116 Å². The lowest BCUT2D eigenvalue weighted by Gasteiger charge is -2.17. The van der Waals surface area contributed by atoms with Crippen LogP contribution in [0.25, 0.3) is 0 Å². The predicted molar refractivity (Wildman–Crippen MR) is 243 cm³/mol. The van der Waals surface area contributed by atoms with Gasteiger partial charge in [0.25, 0.3) is 23.6 Å². The molecule has 2 atom stereocenters. The molecule has 24 heteroatoms. The number of benzene rings is 5. The number of carbonyl (C=O) groups excluding carboxylic acids is 6. The Morgan fingerprint density at radius 1 is 0.500 bits per heavy atom. The van der Waals surface area contributed by atoms with E-state index in [1.807, 2.05) is 0 Å². The first-order valence-corrected chi connectivity index (χ1v) is 20.7. The van der Waals surface area contributed by atoms with E-state index in [0.717, 1.165) is 38.1 Å². The van der Waals surface area contributed by atoms with E-state index < -0.39 is 80.8 Å². The molecule has 354 valence electrons. The highest BCUT2D eigenvalue weighted by molar-refractivity contribution is 6.33. The van der Waals surface area contributed by atoms with Crippen LogP contribution in [0.2, 0.25) is 20.1 Å². The zero-order chi connectivity index (χ0) is 50.4. The van der Waals surface area contributed by atoms with Gasteiger partial charge in [-0.15, -0.1) is 0 Å². The third-order valence-electron chi connectivity index (χ3n) is 9.25. The van der Waals surface area contributed by atoms with Crippen LogP contribution in [0.3, 0.4) is 0 Å². The molecule has 0 saturated carbocycles. The molecular formula is C44H32Cl4F6N8O6. The Labute approximate surface area is 401 Å². The van der Waals surface area contributed by atoms with Crippen molar-refractivity contribution in [3.63, 3.8) is 0 Å².